The van der Waals surface area contributed by atoms with Crippen LogP contribution in [0.25, 0.3) is 0 Å². The van der Waals surface area contributed by atoms with E-state index in [0.29, 0.717) is 23.8 Å². The molecule has 1 spiro atoms. The minimum atomic E-state index is -0.931. The van der Waals surface area contributed by atoms with E-state index in [-0.39, 0.29) is 18.6 Å². The van der Waals surface area contributed by atoms with E-state index < -0.39 is 23.0 Å². The van der Waals surface area contributed by atoms with Crippen molar-refractivity contribution in [3.63, 3.8) is 0 Å². The number of aliphatic hydroxyl groups is 1. The molecule has 3 rings (SSSR count). The van der Waals surface area contributed by atoms with Crippen molar-refractivity contribution >= 4 is 25.5 Å². The van der Waals surface area contributed by atoms with Crippen LogP contribution in [0, 0.1) is 28.6 Å². The molecule has 3 amide bonds. The molecule has 7 heteroatoms. The first kappa shape index (κ1) is 18.4. The summed E-state index contributed by atoms with van der Waals surface area (Å²) in [6, 6.07) is -0.201. The largest absolute Gasteiger partial charge is 0.394 e. The van der Waals surface area contributed by atoms with Gasteiger partial charge in [-0.1, -0.05) is 20.8 Å². The highest BCUT2D eigenvalue weighted by molar-refractivity contribution is 6.58. The van der Waals surface area contributed by atoms with Gasteiger partial charge in [-0.15, -0.1) is 0 Å². The van der Waals surface area contributed by atoms with E-state index in [1.807, 2.05) is 20.8 Å². The number of fused-ring (bicyclic) bond motifs is 1. The van der Waals surface area contributed by atoms with Gasteiger partial charge in [0.1, 0.15) is 5.92 Å². The highest BCUT2D eigenvalue weighted by atomic mass is 16.3. The molecule has 4 atom stereocenters. The Hall–Kier alpha value is -1.37. The van der Waals surface area contributed by atoms with Crippen LogP contribution < -0.4 is 5.32 Å². The lowest BCUT2D eigenvalue weighted by Gasteiger charge is -2.35. The van der Waals surface area contributed by atoms with Crippen molar-refractivity contribution in [2.24, 2.45) is 28.6 Å². The van der Waals surface area contributed by atoms with Gasteiger partial charge in [0.2, 0.25) is 19.7 Å². The molecular formula is C18H29BN2O4. The number of rotatable bonds is 3. The highest BCUT2D eigenvalue weighted by Crippen LogP contribution is 2.64. The monoisotopic (exact) mass is 348 g/mol. The Morgan fingerprint density at radius 3 is 2.40 bits per heavy atom. The third kappa shape index (κ3) is 3.35. The Kier molecular flexibility index (Phi) is 4.50. The Bertz CT molecular complexity index is 596. The number of hydrogen-bond acceptors (Lipinski definition) is 4. The maximum Gasteiger partial charge on any atom is 0.238 e. The summed E-state index contributed by atoms with van der Waals surface area (Å²) >= 11 is 0. The number of imide groups is 1. The van der Waals surface area contributed by atoms with Crippen molar-refractivity contribution in [2.75, 3.05) is 13.2 Å². The van der Waals surface area contributed by atoms with Gasteiger partial charge >= 0.3 is 0 Å². The van der Waals surface area contributed by atoms with Gasteiger partial charge in [-0.25, -0.2) is 0 Å². The van der Waals surface area contributed by atoms with Crippen LogP contribution in [0.1, 0.15) is 46.5 Å². The zero-order valence-electron chi connectivity index (χ0n) is 15.7. The molecule has 2 saturated carbocycles. The van der Waals surface area contributed by atoms with Crippen molar-refractivity contribution < 1.29 is 19.5 Å². The molecule has 6 nitrogen and oxygen atoms in total. The molecule has 1 unspecified atom stereocenters. The summed E-state index contributed by atoms with van der Waals surface area (Å²) in [4.78, 5) is 38.8. The predicted octanol–water partition coefficient (Wildman–Crippen LogP) is 0.527. The Morgan fingerprint density at radius 1 is 1.28 bits per heavy atom. The van der Waals surface area contributed by atoms with Crippen LogP contribution in [0.5, 0.6) is 0 Å². The number of amides is 3. The smallest absolute Gasteiger partial charge is 0.238 e. The molecule has 0 bridgehead atoms. The third-order valence-electron chi connectivity index (χ3n) is 6.40. The topological polar surface area (TPSA) is 86.7 Å². The van der Waals surface area contributed by atoms with Gasteiger partial charge in [0.15, 0.2) is 5.81 Å². The molecule has 138 valence electrons. The van der Waals surface area contributed by atoms with E-state index in [9.17, 15) is 19.5 Å². The first-order valence-electron chi connectivity index (χ1n) is 9.31. The summed E-state index contributed by atoms with van der Waals surface area (Å²) in [5, 5.41) is 12.2. The molecular weight excluding hydrogens is 319 g/mol. The van der Waals surface area contributed by atoms with Crippen molar-refractivity contribution in [1.82, 2.24) is 10.2 Å². The Morgan fingerprint density at radius 2 is 1.92 bits per heavy atom. The first-order valence-corrected chi connectivity index (χ1v) is 9.31. The van der Waals surface area contributed by atoms with Crippen LogP contribution in [0.3, 0.4) is 0 Å². The third-order valence-corrected chi connectivity index (χ3v) is 6.40. The second-order valence-electron chi connectivity index (χ2n) is 9.42. The van der Waals surface area contributed by atoms with Crippen LogP contribution in [-0.4, -0.2) is 54.7 Å². The molecule has 3 aliphatic rings. The van der Waals surface area contributed by atoms with Gasteiger partial charge in [0.25, 0.3) is 0 Å². The molecule has 3 fully saturated rings. The normalized spacial score (nSPS) is 30.9. The average molecular weight is 348 g/mol. The fourth-order valence-electron chi connectivity index (χ4n) is 5.09. The summed E-state index contributed by atoms with van der Waals surface area (Å²) in [6.07, 6.45) is 4.78. The molecule has 1 saturated heterocycles. The lowest BCUT2D eigenvalue weighted by Crippen LogP contribution is -2.52. The lowest BCUT2D eigenvalue weighted by atomic mass is 9.78. The van der Waals surface area contributed by atoms with Gasteiger partial charge < -0.3 is 15.3 Å². The van der Waals surface area contributed by atoms with E-state index in [1.165, 1.54) is 20.7 Å². The predicted molar refractivity (Wildman–Crippen MR) is 95.5 cm³/mol. The van der Waals surface area contributed by atoms with Gasteiger partial charge in [-0.3, -0.25) is 14.4 Å². The number of carbonyl (C=O) groups is 3. The molecule has 2 aliphatic carbocycles. The maximum absolute atomic E-state index is 13.2. The van der Waals surface area contributed by atoms with E-state index >= 15 is 0 Å². The molecule has 0 aromatic rings. The minimum Gasteiger partial charge on any atom is -0.394 e. The van der Waals surface area contributed by atoms with Crippen molar-refractivity contribution in [2.45, 2.75) is 52.5 Å². The average Bonchev–Trinajstić information content (AvgIpc) is 2.97. The first-order chi connectivity index (χ1) is 11.6. The second kappa shape index (κ2) is 6.11. The summed E-state index contributed by atoms with van der Waals surface area (Å²) in [7, 11) is 1.27. The van der Waals surface area contributed by atoms with Gasteiger partial charge in [-0.05, 0) is 48.3 Å². The highest BCUT2D eigenvalue weighted by Gasteiger charge is 2.59. The standard InChI is InChI=1S/C18H29BN2O4/c1-17(2,3)13(14(23)20-16(19)25)15(24)21-8-10-6-18(4-5-18)7-11(10)12(21)9-22/h10-13,22H,4-9,19H2,1-3H3,(H,20,23,25)/t10?,11-,12+,13+/m0/s1. The van der Waals surface area contributed by atoms with Gasteiger partial charge in [0.05, 0.1) is 12.6 Å². The zero-order valence-corrected chi connectivity index (χ0v) is 15.7. The second-order valence-corrected chi connectivity index (χ2v) is 9.42. The summed E-state index contributed by atoms with van der Waals surface area (Å²) in [5.74, 6) is -1.42. The summed E-state index contributed by atoms with van der Waals surface area (Å²) in [6.45, 7) is 6.06. The fourth-order valence-corrected chi connectivity index (χ4v) is 5.09. The molecule has 2 N–H and O–H groups in total. The fraction of sp³-hybridized carbons (Fsp3) is 0.833. The van der Waals surface area contributed by atoms with E-state index in [2.05, 4.69) is 5.32 Å². The summed E-state index contributed by atoms with van der Waals surface area (Å²) < 4.78 is 0. The Balaban J connectivity index is 1.80. The van der Waals surface area contributed by atoms with E-state index in [0.717, 1.165) is 12.8 Å². The summed E-state index contributed by atoms with van der Waals surface area (Å²) in [5.41, 5.74) is -0.126. The van der Waals surface area contributed by atoms with Crippen LogP contribution in [0.15, 0.2) is 0 Å². The molecule has 1 heterocycles. The van der Waals surface area contributed by atoms with E-state index in [4.69, 9.17) is 0 Å². The number of aliphatic hydroxyl groups excluding tert-OH is 1. The van der Waals surface area contributed by atoms with Crippen molar-refractivity contribution in [3.8, 4) is 0 Å². The molecule has 0 radical (unpaired) electrons. The van der Waals surface area contributed by atoms with Crippen LogP contribution in [0.2, 0.25) is 0 Å². The van der Waals surface area contributed by atoms with Crippen molar-refractivity contribution in [1.29, 1.82) is 0 Å². The quantitative estimate of drug-likeness (QED) is 0.575. The number of carbonyl (C=O) groups excluding carboxylic acids is 3. The van der Waals surface area contributed by atoms with Gasteiger partial charge in [-0.2, -0.15) is 0 Å². The van der Waals surface area contributed by atoms with E-state index in [1.54, 1.807) is 4.90 Å². The molecule has 0 aromatic carbocycles. The molecule has 1 aliphatic heterocycles. The number of likely N-dealkylation sites (tertiary alicyclic amines) is 1. The van der Waals surface area contributed by atoms with Crippen LogP contribution >= 0.6 is 0 Å². The van der Waals surface area contributed by atoms with Crippen LogP contribution in [-0.2, 0) is 9.59 Å². The SMILES string of the molecule is BC(=O)NC(=O)[C@H](C(=O)N1CC2CC3(CC3)C[C@@H]2[C@H]1CO)C(C)(C)C. The number of nitrogens with zero attached hydrogens (tertiary/aromatic N) is 1. The molecule has 25 heavy (non-hydrogen) atoms. The minimum absolute atomic E-state index is 0.0613. The Labute approximate surface area is 150 Å². The maximum atomic E-state index is 13.2. The number of hydrogen-bond donors (Lipinski definition) is 2. The lowest BCUT2D eigenvalue weighted by molar-refractivity contribution is -0.148. The van der Waals surface area contributed by atoms with Crippen LogP contribution in [0.4, 0.5) is 4.79 Å². The van der Waals surface area contributed by atoms with Crippen molar-refractivity contribution in [3.05, 3.63) is 0 Å². The molecule has 0 aromatic heterocycles. The number of nitrogens with one attached hydrogen (secondary N) is 1. The van der Waals surface area contributed by atoms with Gasteiger partial charge in [0, 0.05) is 6.54 Å². The zero-order chi connectivity index (χ0) is 18.6.